The zero-order valence-corrected chi connectivity index (χ0v) is 13.1. The van der Waals surface area contributed by atoms with Crippen molar-refractivity contribution < 1.29 is 13.8 Å². The van der Waals surface area contributed by atoms with Crippen LogP contribution in [-0.4, -0.2) is 51.6 Å². The third-order valence-corrected chi connectivity index (χ3v) is 5.68. The van der Waals surface area contributed by atoms with E-state index in [4.69, 9.17) is 0 Å². The molecule has 1 saturated heterocycles. The average molecular weight is 300 g/mol. The van der Waals surface area contributed by atoms with Gasteiger partial charge in [-0.05, 0) is 25.7 Å². The van der Waals surface area contributed by atoms with E-state index in [1.54, 1.807) is 11.2 Å². The fourth-order valence-electron chi connectivity index (χ4n) is 3.09. The van der Waals surface area contributed by atoms with Gasteiger partial charge in [-0.2, -0.15) is 0 Å². The number of hydrogen-bond donors (Lipinski definition) is 1. The summed E-state index contributed by atoms with van der Waals surface area (Å²) in [5.74, 6) is 0.188. The van der Waals surface area contributed by atoms with Crippen LogP contribution in [0.25, 0.3) is 0 Å². The highest BCUT2D eigenvalue weighted by Crippen LogP contribution is 2.28. The van der Waals surface area contributed by atoms with E-state index in [0.29, 0.717) is 6.54 Å². The van der Waals surface area contributed by atoms with Gasteiger partial charge in [-0.25, -0.2) is 0 Å². The molecule has 114 valence electrons. The number of amides is 2. The van der Waals surface area contributed by atoms with Crippen molar-refractivity contribution >= 4 is 22.6 Å². The van der Waals surface area contributed by atoms with Crippen molar-refractivity contribution in [1.29, 1.82) is 0 Å². The summed E-state index contributed by atoms with van der Waals surface area (Å²) in [6.45, 7) is 2.35. The summed E-state index contributed by atoms with van der Waals surface area (Å²) in [4.78, 5) is 26.0. The molecule has 1 heterocycles. The summed E-state index contributed by atoms with van der Waals surface area (Å²) in [5, 5.41) is 2.76. The van der Waals surface area contributed by atoms with Gasteiger partial charge in [0.1, 0.15) is 6.04 Å². The molecule has 3 atom stereocenters. The molecule has 3 unspecified atom stereocenters. The highest BCUT2D eigenvalue weighted by Gasteiger charge is 2.38. The van der Waals surface area contributed by atoms with E-state index in [-0.39, 0.29) is 35.6 Å². The molecular weight excluding hydrogens is 276 g/mol. The van der Waals surface area contributed by atoms with Crippen LogP contribution >= 0.6 is 0 Å². The zero-order valence-electron chi connectivity index (χ0n) is 12.3. The second kappa shape index (κ2) is 6.70. The lowest BCUT2D eigenvalue weighted by Crippen LogP contribution is -2.61. The van der Waals surface area contributed by atoms with Crippen LogP contribution in [0.15, 0.2) is 0 Å². The van der Waals surface area contributed by atoms with Crippen molar-refractivity contribution in [2.45, 2.75) is 50.3 Å². The number of carbonyl (C=O) groups excluding carboxylic acids is 2. The molecule has 2 fully saturated rings. The molecule has 1 N–H and O–H groups in total. The molecule has 20 heavy (non-hydrogen) atoms. The molecule has 1 aliphatic heterocycles. The van der Waals surface area contributed by atoms with Crippen molar-refractivity contribution in [3.8, 4) is 0 Å². The summed E-state index contributed by atoms with van der Waals surface area (Å²) in [6.07, 6.45) is 7.16. The van der Waals surface area contributed by atoms with Crippen molar-refractivity contribution in [3.05, 3.63) is 0 Å². The van der Waals surface area contributed by atoms with Crippen LogP contribution in [0.1, 0.15) is 39.0 Å². The maximum absolute atomic E-state index is 12.5. The summed E-state index contributed by atoms with van der Waals surface area (Å²) >= 11 is 0. The van der Waals surface area contributed by atoms with E-state index in [1.807, 2.05) is 6.92 Å². The highest BCUT2D eigenvalue weighted by atomic mass is 32.2. The lowest BCUT2D eigenvalue weighted by molar-refractivity contribution is -0.146. The van der Waals surface area contributed by atoms with Crippen LogP contribution in [0.3, 0.4) is 0 Å². The minimum Gasteiger partial charge on any atom is -0.342 e. The number of piperazine rings is 1. The minimum atomic E-state index is -0.980. The highest BCUT2D eigenvalue weighted by molar-refractivity contribution is 7.84. The van der Waals surface area contributed by atoms with Crippen molar-refractivity contribution in [2.75, 3.05) is 19.3 Å². The maximum atomic E-state index is 12.5. The van der Waals surface area contributed by atoms with Gasteiger partial charge in [-0.1, -0.05) is 19.3 Å². The van der Waals surface area contributed by atoms with Crippen molar-refractivity contribution in [3.63, 3.8) is 0 Å². The van der Waals surface area contributed by atoms with Gasteiger partial charge >= 0.3 is 0 Å². The Morgan fingerprint density at radius 1 is 1.30 bits per heavy atom. The van der Waals surface area contributed by atoms with Crippen molar-refractivity contribution in [2.24, 2.45) is 5.92 Å². The molecule has 5 nitrogen and oxygen atoms in total. The molecule has 1 aliphatic carbocycles. The number of rotatable bonds is 4. The first kappa shape index (κ1) is 15.5. The summed E-state index contributed by atoms with van der Waals surface area (Å²) < 4.78 is 11.5. The van der Waals surface area contributed by atoms with E-state index >= 15 is 0 Å². The lowest BCUT2D eigenvalue weighted by atomic mass is 9.82. The Balaban J connectivity index is 2.04. The molecule has 2 rings (SSSR count). The predicted octanol–water partition coefficient (Wildman–Crippen LogP) is 0.661. The van der Waals surface area contributed by atoms with Crippen LogP contribution in [0, 0.1) is 5.92 Å². The number of hydrogen-bond acceptors (Lipinski definition) is 3. The van der Waals surface area contributed by atoms with Gasteiger partial charge in [0.2, 0.25) is 11.8 Å². The Bertz CT molecular complexity index is 407. The maximum Gasteiger partial charge on any atom is 0.245 e. The largest absolute Gasteiger partial charge is 0.342 e. The normalized spacial score (nSPS) is 28.1. The molecule has 0 bridgehead atoms. The van der Waals surface area contributed by atoms with E-state index in [2.05, 4.69) is 5.32 Å². The summed E-state index contributed by atoms with van der Waals surface area (Å²) in [7, 11) is -0.980. The molecular formula is C14H24N2O3S. The number of nitrogens with zero attached hydrogens (tertiary/aromatic N) is 1. The fourth-order valence-corrected chi connectivity index (χ4v) is 3.48. The summed E-state index contributed by atoms with van der Waals surface area (Å²) in [6, 6.07) is -0.367. The molecule has 2 amide bonds. The van der Waals surface area contributed by atoms with Gasteiger partial charge < -0.3 is 10.2 Å². The molecule has 0 aromatic heterocycles. The first-order chi connectivity index (χ1) is 9.49. The second-order valence-corrected chi connectivity index (χ2v) is 7.77. The topological polar surface area (TPSA) is 66.5 Å². The fraction of sp³-hybridized carbons (Fsp3) is 0.857. The predicted molar refractivity (Wildman–Crippen MR) is 78.6 cm³/mol. The van der Waals surface area contributed by atoms with Crippen molar-refractivity contribution in [1.82, 2.24) is 10.2 Å². The Morgan fingerprint density at radius 3 is 2.55 bits per heavy atom. The Labute approximate surface area is 122 Å². The molecule has 0 radical (unpaired) electrons. The van der Waals surface area contributed by atoms with E-state index in [1.165, 1.54) is 6.42 Å². The molecule has 6 heteroatoms. The lowest BCUT2D eigenvalue weighted by Gasteiger charge is -2.38. The van der Waals surface area contributed by atoms with Crippen LogP contribution in [-0.2, 0) is 20.4 Å². The zero-order chi connectivity index (χ0) is 14.7. The molecule has 1 saturated carbocycles. The number of nitrogens with one attached hydrogen (secondary N) is 1. The second-order valence-electron chi connectivity index (χ2n) is 5.97. The van der Waals surface area contributed by atoms with Gasteiger partial charge in [-0.15, -0.1) is 0 Å². The van der Waals surface area contributed by atoms with Crippen LogP contribution in [0.5, 0.6) is 0 Å². The monoisotopic (exact) mass is 300 g/mol. The van der Waals surface area contributed by atoms with Gasteiger partial charge in [0.25, 0.3) is 0 Å². The standard InChI is InChI=1S/C14H24N2O3S/c1-10(20(2)19)8-16-9-12(17)15-13(14(16)18)11-6-4-3-5-7-11/h10-11,13H,3-9H2,1-2H3,(H,15,17). The van der Waals surface area contributed by atoms with Gasteiger partial charge in [0.15, 0.2) is 0 Å². The SMILES string of the molecule is CC(CN1CC(=O)NC(C2CCCCC2)C1=O)S(C)=O. The Kier molecular flexibility index (Phi) is 5.18. The minimum absolute atomic E-state index is 0.00815. The Morgan fingerprint density at radius 2 is 1.95 bits per heavy atom. The third kappa shape index (κ3) is 3.59. The van der Waals surface area contributed by atoms with E-state index in [0.717, 1.165) is 25.7 Å². The van der Waals surface area contributed by atoms with Crippen LogP contribution in [0.2, 0.25) is 0 Å². The van der Waals surface area contributed by atoms with E-state index < -0.39 is 10.8 Å². The smallest absolute Gasteiger partial charge is 0.245 e. The number of carbonyl (C=O) groups is 2. The van der Waals surface area contributed by atoms with Crippen LogP contribution in [0.4, 0.5) is 0 Å². The molecule has 0 spiro atoms. The third-order valence-electron chi connectivity index (χ3n) is 4.39. The van der Waals surface area contributed by atoms with Gasteiger partial charge in [0.05, 0.1) is 6.54 Å². The van der Waals surface area contributed by atoms with Crippen LogP contribution < -0.4 is 5.32 Å². The van der Waals surface area contributed by atoms with Gasteiger partial charge in [0, 0.05) is 28.9 Å². The van der Waals surface area contributed by atoms with Gasteiger partial charge in [-0.3, -0.25) is 13.8 Å². The first-order valence-electron chi connectivity index (χ1n) is 7.39. The molecule has 0 aromatic carbocycles. The summed E-state index contributed by atoms with van der Waals surface area (Å²) in [5.41, 5.74) is 0. The Hall–Kier alpha value is -0.910. The first-order valence-corrected chi connectivity index (χ1v) is 9.01. The quantitative estimate of drug-likeness (QED) is 0.829. The molecule has 2 aliphatic rings. The molecule has 0 aromatic rings. The van der Waals surface area contributed by atoms with E-state index in [9.17, 15) is 13.8 Å². The average Bonchev–Trinajstić information content (AvgIpc) is 2.43.